The third-order valence-corrected chi connectivity index (χ3v) is 3.12. The van der Waals surface area contributed by atoms with Gasteiger partial charge in [0.2, 0.25) is 0 Å². The highest BCUT2D eigenvalue weighted by molar-refractivity contribution is 6.02. The maximum Gasteiger partial charge on any atom is 0.195 e. The van der Waals surface area contributed by atoms with Gasteiger partial charge in [0.25, 0.3) is 0 Å². The molecule has 86 valence electrons. The van der Waals surface area contributed by atoms with Crippen molar-refractivity contribution in [2.45, 2.75) is 18.4 Å². The lowest BCUT2D eigenvalue weighted by Gasteiger charge is -2.36. The predicted octanol–water partition coefficient (Wildman–Crippen LogP) is 1.33. The second-order valence-corrected chi connectivity index (χ2v) is 4.57. The van der Waals surface area contributed by atoms with Gasteiger partial charge < -0.3 is 10.0 Å². The van der Waals surface area contributed by atoms with E-state index >= 15 is 0 Å². The average molecular weight is 219 g/mol. The highest BCUT2D eigenvalue weighted by atomic mass is 16.3. The monoisotopic (exact) mass is 219 g/mol. The molecular formula is C13H17NO2. The van der Waals surface area contributed by atoms with Crippen molar-refractivity contribution in [2.75, 3.05) is 20.1 Å². The number of likely N-dealkylation sites (N-methyl/N-ethyl adjacent to an activating group) is 1. The van der Waals surface area contributed by atoms with Crippen molar-refractivity contribution in [3.63, 3.8) is 0 Å². The number of carbonyl (C=O) groups is 1. The third kappa shape index (κ3) is 2.15. The summed E-state index contributed by atoms with van der Waals surface area (Å²) < 4.78 is 0. The van der Waals surface area contributed by atoms with Crippen LogP contribution in [0.1, 0.15) is 23.2 Å². The molecule has 1 aromatic rings. The van der Waals surface area contributed by atoms with Crippen LogP contribution in [0.2, 0.25) is 0 Å². The summed E-state index contributed by atoms with van der Waals surface area (Å²) in [6.07, 6.45) is 1.43. The summed E-state index contributed by atoms with van der Waals surface area (Å²) in [5, 5.41) is 10.4. The van der Waals surface area contributed by atoms with Gasteiger partial charge in [0.15, 0.2) is 5.78 Å². The Morgan fingerprint density at radius 1 is 1.38 bits per heavy atom. The van der Waals surface area contributed by atoms with Crippen molar-refractivity contribution >= 4 is 5.78 Å². The molecule has 0 saturated carbocycles. The molecule has 0 spiro atoms. The van der Waals surface area contributed by atoms with Crippen LogP contribution in [-0.2, 0) is 0 Å². The van der Waals surface area contributed by atoms with E-state index in [1.807, 2.05) is 30.1 Å². The summed E-state index contributed by atoms with van der Waals surface area (Å²) in [5.41, 5.74) is -0.603. The Morgan fingerprint density at radius 2 is 2.06 bits per heavy atom. The summed E-state index contributed by atoms with van der Waals surface area (Å²) >= 11 is 0. The smallest absolute Gasteiger partial charge is 0.195 e. The van der Waals surface area contributed by atoms with Crippen LogP contribution in [0.15, 0.2) is 30.3 Å². The van der Waals surface area contributed by atoms with E-state index in [0.29, 0.717) is 18.5 Å². The number of nitrogens with zero attached hydrogens (tertiary/aromatic N) is 1. The number of hydrogen-bond donors (Lipinski definition) is 1. The van der Waals surface area contributed by atoms with Crippen LogP contribution in [-0.4, -0.2) is 41.5 Å². The molecule has 1 N–H and O–H groups in total. The summed E-state index contributed by atoms with van der Waals surface area (Å²) in [7, 11) is 1.93. The maximum atomic E-state index is 12.2. The molecule has 1 atom stereocenters. The predicted molar refractivity (Wildman–Crippen MR) is 62.5 cm³/mol. The van der Waals surface area contributed by atoms with E-state index in [2.05, 4.69) is 0 Å². The average Bonchev–Trinajstić information content (AvgIpc) is 2.29. The normalized spacial score (nSPS) is 26.6. The van der Waals surface area contributed by atoms with Crippen molar-refractivity contribution in [3.8, 4) is 0 Å². The standard InChI is InChI=1S/C13H17NO2/c1-14-9-5-8-13(16,10-14)12(15)11-6-3-2-4-7-11/h2-4,6-7,16H,5,8-10H2,1H3/t13-/m1/s1. The van der Waals surface area contributed by atoms with Crippen molar-refractivity contribution < 1.29 is 9.90 Å². The first-order valence-corrected chi connectivity index (χ1v) is 5.63. The SMILES string of the molecule is CN1CCC[C@](O)(C(=O)c2ccccc2)C1. The highest BCUT2D eigenvalue weighted by Gasteiger charge is 2.39. The number of Topliss-reactive ketones (excluding diaryl/α,β-unsaturated/α-hetero) is 1. The summed E-state index contributed by atoms with van der Waals surface area (Å²) in [4.78, 5) is 14.2. The fourth-order valence-corrected chi connectivity index (χ4v) is 2.29. The number of likely N-dealkylation sites (tertiary alicyclic amines) is 1. The van der Waals surface area contributed by atoms with Gasteiger partial charge in [-0.2, -0.15) is 0 Å². The van der Waals surface area contributed by atoms with Gasteiger partial charge in [-0.15, -0.1) is 0 Å². The van der Waals surface area contributed by atoms with E-state index in [-0.39, 0.29) is 5.78 Å². The number of piperidine rings is 1. The molecule has 1 aliphatic heterocycles. The first-order chi connectivity index (χ1) is 7.62. The van der Waals surface area contributed by atoms with Crippen LogP contribution in [0.3, 0.4) is 0 Å². The van der Waals surface area contributed by atoms with Crippen molar-refractivity contribution in [1.29, 1.82) is 0 Å². The summed E-state index contributed by atoms with van der Waals surface area (Å²) in [6.45, 7) is 1.38. The zero-order valence-electron chi connectivity index (χ0n) is 9.52. The van der Waals surface area contributed by atoms with Gasteiger partial charge in [0, 0.05) is 12.1 Å². The molecule has 1 saturated heterocycles. The number of rotatable bonds is 2. The fourth-order valence-electron chi connectivity index (χ4n) is 2.29. The Labute approximate surface area is 95.7 Å². The van der Waals surface area contributed by atoms with Gasteiger partial charge in [-0.05, 0) is 26.4 Å². The molecule has 1 aromatic carbocycles. The maximum absolute atomic E-state index is 12.2. The van der Waals surface area contributed by atoms with Crippen molar-refractivity contribution in [3.05, 3.63) is 35.9 Å². The Balaban J connectivity index is 2.21. The summed E-state index contributed by atoms with van der Waals surface area (Å²) in [5.74, 6) is -0.153. The second kappa shape index (κ2) is 4.36. The number of benzene rings is 1. The fraction of sp³-hybridized carbons (Fsp3) is 0.462. The molecule has 0 unspecified atom stereocenters. The molecule has 1 heterocycles. The zero-order chi connectivity index (χ0) is 11.6. The lowest BCUT2D eigenvalue weighted by atomic mass is 9.85. The molecule has 2 rings (SSSR count). The molecule has 3 heteroatoms. The molecule has 3 nitrogen and oxygen atoms in total. The van der Waals surface area contributed by atoms with Gasteiger partial charge in [-0.25, -0.2) is 0 Å². The lowest BCUT2D eigenvalue weighted by molar-refractivity contribution is -0.00751. The third-order valence-electron chi connectivity index (χ3n) is 3.12. The molecule has 0 aromatic heterocycles. The van der Waals surface area contributed by atoms with E-state index in [1.54, 1.807) is 12.1 Å². The van der Waals surface area contributed by atoms with Gasteiger partial charge >= 0.3 is 0 Å². The number of ketones is 1. The molecular weight excluding hydrogens is 202 g/mol. The van der Waals surface area contributed by atoms with Crippen LogP contribution >= 0.6 is 0 Å². The molecule has 0 aliphatic carbocycles. The topological polar surface area (TPSA) is 40.5 Å². The first kappa shape index (κ1) is 11.3. The van der Waals surface area contributed by atoms with E-state index in [0.717, 1.165) is 13.0 Å². The Hall–Kier alpha value is -1.19. The number of β-amino-alcohol motifs (C(OH)–C–C–N with tert-alkyl or cyclic N) is 1. The minimum Gasteiger partial charge on any atom is -0.380 e. The van der Waals surface area contributed by atoms with E-state index < -0.39 is 5.60 Å². The molecule has 0 bridgehead atoms. The first-order valence-electron chi connectivity index (χ1n) is 5.63. The Kier molecular flexibility index (Phi) is 3.08. The minimum atomic E-state index is -1.20. The van der Waals surface area contributed by atoms with Crippen LogP contribution < -0.4 is 0 Å². The Bertz CT molecular complexity index is 377. The second-order valence-electron chi connectivity index (χ2n) is 4.57. The molecule has 0 radical (unpaired) electrons. The number of carbonyl (C=O) groups excluding carboxylic acids is 1. The molecule has 16 heavy (non-hydrogen) atoms. The minimum absolute atomic E-state index is 0.153. The highest BCUT2D eigenvalue weighted by Crippen LogP contribution is 2.24. The number of aliphatic hydroxyl groups is 1. The van der Waals surface area contributed by atoms with E-state index in [4.69, 9.17) is 0 Å². The molecule has 1 aliphatic rings. The van der Waals surface area contributed by atoms with Crippen molar-refractivity contribution in [1.82, 2.24) is 4.90 Å². The quantitative estimate of drug-likeness (QED) is 0.763. The lowest BCUT2D eigenvalue weighted by Crippen LogP contribution is -2.51. The van der Waals surface area contributed by atoms with Crippen LogP contribution in [0.4, 0.5) is 0 Å². The summed E-state index contributed by atoms with van der Waals surface area (Å²) in [6, 6.07) is 9.03. The van der Waals surface area contributed by atoms with Crippen LogP contribution in [0.5, 0.6) is 0 Å². The van der Waals surface area contributed by atoms with Crippen LogP contribution in [0, 0.1) is 0 Å². The molecule has 1 fully saturated rings. The molecule has 0 amide bonds. The largest absolute Gasteiger partial charge is 0.380 e. The van der Waals surface area contributed by atoms with Gasteiger partial charge in [-0.1, -0.05) is 30.3 Å². The van der Waals surface area contributed by atoms with Gasteiger partial charge in [-0.3, -0.25) is 4.79 Å². The van der Waals surface area contributed by atoms with Gasteiger partial charge in [0.1, 0.15) is 5.60 Å². The van der Waals surface area contributed by atoms with Crippen molar-refractivity contribution in [2.24, 2.45) is 0 Å². The Morgan fingerprint density at radius 3 is 2.69 bits per heavy atom. The van der Waals surface area contributed by atoms with E-state index in [1.165, 1.54) is 0 Å². The van der Waals surface area contributed by atoms with Gasteiger partial charge in [0.05, 0.1) is 0 Å². The van der Waals surface area contributed by atoms with Crippen LogP contribution in [0.25, 0.3) is 0 Å². The number of hydrogen-bond acceptors (Lipinski definition) is 3. The zero-order valence-corrected chi connectivity index (χ0v) is 9.52. The van der Waals surface area contributed by atoms with E-state index in [9.17, 15) is 9.90 Å².